The Kier molecular flexibility index (Phi) is 5.89. The van der Waals surface area contributed by atoms with Gasteiger partial charge in [0.15, 0.2) is 5.78 Å². The molecule has 0 saturated carbocycles. The number of likely N-dealkylation sites (tertiary alicyclic amines) is 1. The van der Waals surface area contributed by atoms with Crippen LogP contribution in [0.3, 0.4) is 0 Å². The number of Topliss-reactive ketones (excluding diaryl/α,β-unsaturated/α-hetero) is 1. The third-order valence-electron chi connectivity index (χ3n) is 5.60. The number of aromatic nitrogens is 2. The van der Waals surface area contributed by atoms with E-state index >= 15 is 0 Å². The molecule has 0 bridgehead atoms. The number of ketones is 1. The Bertz CT molecular complexity index is 1110. The molecule has 0 spiro atoms. The molecule has 1 unspecified atom stereocenters. The number of piperidine rings is 1. The molecule has 0 N–H and O–H groups in total. The minimum absolute atomic E-state index is 0.133. The molecule has 4 rings (SSSR count). The van der Waals surface area contributed by atoms with Gasteiger partial charge in [-0.25, -0.2) is 14.4 Å². The first-order valence-corrected chi connectivity index (χ1v) is 10.4. The monoisotopic (exact) mass is 417 g/mol. The van der Waals surface area contributed by atoms with Gasteiger partial charge in [-0.2, -0.15) is 0 Å². The average Bonchev–Trinajstić information content (AvgIpc) is 2.78. The highest BCUT2D eigenvalue weighted by Crippen LogP contribution is 2.27. The van der Waals surface area contributed by atoms with Crippen LogP contribution >= 0.6 is 0 Å². The lowest BCUT2D eigenvalue weighted by atomic mass is 9.89. The average molecular weight is 417 g/mol. The van der Waals surface area contributed by atoms with Crippen LogP contribution in [0.25, 0.3) is 11.1 Å². The molecule has 1 aromatic heterocycles. The van der Waals surface area contributed by atoms with Crippen molar-refractivity contribution in [3.05, 3.63) is 83.2 Å². The van der Waals surface area contributed by atoms with Crippen LogP contribution in [0, 0.1) is 25.6 Å². The Balaban J connectivity index is 1.51. The van der Waals surface area contributed by atoms with Gasteiger partial charge in [0, 0.05) is 35.8 Å². The molecule has 0 radical (unpaired) electrons. The lowest BCUT2D eigenvalue weighted by Crippen LogP contribution is -2.42. The number of rotatable bonds is 4. The zero-order valence-corrected chi connectivity index (χ0v) is 17.6. The van der Waals surface area contributed by atoms with Gasteiger partial charge in [-0.15, -0.1) is 0 Å². The number of halogens is 1. The normalized spacial score (nSPS) is 16.2. The second-order valence-electron chi connectivity index (χ2n) is 7.96. The van der Waals surface area contributed by atoms with Gasteiger partial charge >= 0.3 is 0 Å². The summed E-state index contributed by atoms with van der Waals surface area (Å²) in [6, 6.07) is 15.5. The standard InChI is InChI=1S/C25H24FN3O2/c1-16-13-23(28-17(2)27-16)25(31)29-12-6-9-20(15-29)24(30)19-10-11-21(22(26)14-19)18-7-4-3-5-8-18/h3-5,7-8,10-11,13-14,20H,6,9,12,15H2,1-2H3. The molecule has 2 aromatic carbocycles. The molecule has 1 fully saturated rings. The fraction of sp³-hybridized carbons (Fsp3) is 0.280. The number of carbonyl (C=O) groups excluding carboxylic acids is 2. The summed E-state index contributed by atoms with van der Waals surface area (Å²) in [5.41, 5.74) is 2.65. The largest absolute Gasteiger partial charge is 0.337 e. The Hall–Kier alpha value is -3.41. The highest BCUT2D eigenvalue weighted by atomic mass is 19.1. The van der Waals surface area contributed by atoms with Crippen molar-refractivity contribution in [2.75, 3.05) is 13.1 Å². The molecule has 3 aromatic rings. The number of aryl methyl sites for hydroxylation is 2. The maximum atomic E-state index is 14.7. The summed E-state index contributed by atoms with van der Waals surface area (Å²) in [5, 5.41) is 0. The quantitative estimate of drug-likeness (QED) is 0.581. The van der Waals surface area contributed by atoms with E-state index in [0.717, 1.165) is 17.7 Å². The lowest BCUT2D eigenvalue weighted by molar-refractivity contribution is 0.0631. The Morgan fingerprint density at radius 2 is 1.81 bits per heavy atom. The van der Waals surface area contributed by atoms with Gasteiger partial charge in [-0.05, 0) is 44.4 Å². The summed E-state index contributed by atoms with van der Waals surface area (Å²) >= 11 is 0. The second-order valence-corrected chi connectivity index (χ2v) is 7.96. The zero-order chi connectivity index (χ0) is 22.0. The molecular formula is C25H24FN3O2. The van der Waals surface area contributed by atoms with Crippen molar-refractivity contribution in [3.63, 3.8) is 0 Å². The van der Waals surface area contributed by atoms with Crippen molar-refractivity contribution >= 4 is 11.7 Å². The summed E-state index contributed by atoms with van der Waals surface area (Å²) in [7, 11) is 0. The van der Waals surface area contributed by atoms with E-state index in [9.17, 15) is 14.0 Å². The van der Waals surface area contributed by atoms with Gasteiger partial charge in [0.2, 0.25) is 0 Å². The van der Waals surface area contributed by atoms with Gasteiger partial charge in [-0.3, -0.25) is 9.59 Å². The summed E-state index contributed by atoms with van der Waals surface area (Å²) in [4.78, 5) is 36.1. The molecule has 31 heavy (non-hydrogen) atoms. The number of benzene rings is 2. The summed E-state index contributed by atoms with van der Waals surface area (Å²) in [6.07, 6.45) is 1.39. The number of nitrogens with zero attached hydrogens (tertiary/aromatic N) is 3. The van der Waals surface area contributed by atoms with E-state index in [4.69, 9.17) is 0 Å². The highest BCUT2D eigenvalue weighted by molar-refractivity contribution is 5.99. The summed E-state index contributed by atoms with van der Waals surface area (Å²) < 4.78 is 14.7. The van der Waals surface area contributed by atoms with Gasteiger partial charge in [0.1, 0.15) is 17.3 Å². The molecule has 6 heteroatoms. The van der Waals surface area contributed by atoms with Crippen LogP contribution in [0.5, 0.6) is 0 Å². The fourth-order valence-electron chi connectivity index (χ4n) is 4.12. The van der Waals surface area contributed by atoms with Gasteiger partial charge < -0.3 is 4.90 Å². The van der Waals surface area contributed by atoms with E-state index in [1.165, 1.54) is 6.07 Å². The van der Waals surface area contributed by atoms with Crippen LogP contribution in [0.1, 0.15) is 45.2 Å². The smallest absolute Gasteiger partial charge is 0.272 e. The topological polar surface area (TPSA) is 63.2 Å². The molecule has 5 nitrogen and oxygen atoms in total. The molecule has 1 atom stereocenters. The highest BCUT2D eigenvalue weighted by Gasteiger charge is 2.30. The second kappa shape index (κ2) is 8.76. The molecule has 1 aliphatic heterocycles. The van der Waals surface area contributed by atoms with Crippen molar-refractivity contribution in [2.24, 2.45) is 5.92 Å². The minimum Gasteiger partial charge on any atom is -0.337 e. The van der Waals surface area contributed by atoms with E-state index in [-0.39, 0.29) is 17.6 Å². The maximum absolute atomic E-state index is 14.7. The molecule has 1 aliphatic rings. The predicted octanol–water partition coefficient (Wildman–Crippen LogP) is 4.63. The molecule has 158 valence electrons. The van der Waals surface area contributed by atoms with E-state index in [1.807, 2.05) is 37.3 Å². The van der Waals surface area contributed by atoms with Crippen molar-refractivity contribution < 1.29 is 14.0 Å². The first-order valence-electron chi connectivity index (χ1n) is 10.4. The number of hydrogen-bond acceptors (Lipinski definition) is 4. The summed E-state index contributed by atoms with van der Waals surface area (Å²) in [6.45, 7) is 4.45. The minimum atomic E-state index is -0.423. The van der Waals surface area contributed by atoms with Crippen LogP contribution in [-0.2, 0) is 0 Å². The van der Waals surface area contributed by atoms with Crippen LogP contribution in [0.4, 0.5) is 4.39 Å². The zero-order valence-electron chi connectivity index (χ0n) is 17.6. The number of hydrogen-bond donors (Lipinski definition) is 0. The summed E-state index contributed by atoms with van der Waals surface area (Å²) in [5.74, 6) is -0.568. The predicted molar refractivity (Wildman–Crippen MR) is 116 cm³/mol. The van der Waals surface area contributed by atoms with Crippen molar-refractivity contribution in [3.8, 4) is 11.1 Å². The van der Waals surface area contributed by atoms with Crippen LogP contribution in [0.2, 0.25) is 0 Å². The Morgan fingerprint density at radius 3 is 2.52 bits per heavy atom. The molecular weight excluding hydrogens is 393 g/mol. The first kappa shape index (κ1) is 20.8. The van der Waals surface area contributed by atoms with Crippen LogP contribution < -0.4 is 0 Å². The van der Waals surface area contributed by atoms with Crippen molar-refractivity contribution in [1.82, 2.24) is 14.9 Å². The third-order valence-corrected chi connectivity index (χ3v) is 5.60. The fourth-order valence-corrected chi connectivity index (χ4v) is 4.12. The first-order chi connectivity index (χ1) is 14.9. The van der Waals surface area contributed by atoms with Crippen LogP contribution in [0.15, 0.2) is 54.6 Å². The van der Waals surface area contributed by atoms with Gasteiger partial charge in [0.05, 0.1) is 0 Å². The number of amides is 1. The van der Waals surface area contributed by atoms with Crippen molar-refractivity contribution in [2.45, 2.75) is 26.7 Å². The van der Waals surface area contributed by atoms with Gasteiger partial charge in [-0.1, -0.05) is 42.5 Å². The van der Waals surface area contributed by atoms with E-state index < -0.39 is 5.82 Å². The van der Waals surface area contributed by atoms with E-state index in [1.54, 1.807) is 30.0 Å². The SMILES string of the molecule is Cc1cc(C(=O)N2CCCC(C(=O)c3ccc(-c4ccccc4)c(F)c3)C2)nc(C)n1. The Labute approximate surface area is 181 Å². The molecule has 1 saturated heterocycles. The molecule has 0 aliphatic carbocycles. The van der Waals surface area contributed by atoms with Crippen LogP contribution in [-0.4, -0.2) is 39.6 Å². The lowest BCUT2D eigenvalue weighted by Gasteiger charge is -2.32. The van der Waals surface area contributed by atoms with E-state index in [2.05, 4.69) is 9.97 Å². The third kappa shape index (κ3) is 4.53. The Morgan fingerprint density at radius 1 is 1.03 bits per heavy atom. The maximum Gasteiger partial charge on any atom is 0.272 e. The molecule has 2 heterocycles. The number of carbonyl (C=O) groups is 2. The van der Waals surface area contributed by atoms with Crippen molar-refractivity contribution in [1.29, 1.82) is 0 Å². The van der Waals surface area contributed by atoms with Gasteiger partial charge in [0.25, 0.3) is 5.91 Å². The molecule has 1 amide bonds. The van der Waals surface area contributed by atoms with E-state index in [0.29, 0.717) is 42.2 Å².